The maximum atomic E-state index is 13.0. The number of nitrogens with zero attached hydrogens (tertiary/aromatic N) is 2. The fourth-order valence-electron chi connectivity index (χ4n) is 3.96. The van der Waals surface area contributed by atoms with Crippen molar-refractivity contribution in [3.63, 3.8) is 0 Å². The summed E-state index contributed by atoms with van der Waals surface area (Å²) in [6, 6.07) is 9.84. The number of amides is 1. The molecule has 0 aliphatic carbocycles. The molecule has 0 radical (unpaired) electrons. The first-order valence-corrected chi connectivity index (χ1v) is 12.9. The third-order valence-electron chi connectivity index (χ3n) is 5.33. The number of benzene rings is 2. The van der Waals surface area contributed by atoms with Crippen molar-refractivity contribution >= 4 is 44.0 Å². The topological polar surface area (TPSA) is 78.8 Å². The molecule has 2 aliphatic heterocycles. The zero-order chi connectivity index (χ0) is 24.0. The van der Waals surface area contributed by atoms with Gasteiger partial charge in [0.05, 0.1) is 23.1 Å². The number of carbonyl (C=O) groups is 1. The van der Waals surface area contributed by atoms with Gasteiger partial charge < -0.3 is 10.2 Å². The molecular formula is C22H22F3N3O3S2. The molecule has 6 nitrogen and oxygen atoms in total. The van der Waals surface area contributed by atoms with Crippen LogP contribution >= 0.6 is 11.8 Å². The lowest BCUT2D eigenvalue weighted by atomic mass is 10.1. The molecule has 2 aromatic carbocycles. The van der Waals surface area contributed by atoms with Gasteiger partial charge >= 0.3 is 6.18 Å². The molecule has 1 saturated heterocycles. The zero-order valence-corrected chi connectivity index (χ0v) is 19.5. The van der Waals surface area contributed by atoms with Crippen LogP contribution in [0.5, 0.6) is 0 Å². The van der Waals surface area contributed by atoms with Crippen LogP contribution in [0, 0.1) is 13.8 Å². The number of alkyl halides is 3. The van der Waals surface area contributed by atoms with Crippen molar-refractivity contribution in [2.75, 3.05) is 28.3 Å². The van der Waals surface area contributed by atoms with Gasteiger partial charge in [-0.2, -0.15) is 13.2 Å². The Balaban J connectivity index is 1.59. The average molecular weight is 498 g/mol. The number of nitrogens with one attached hydrogen (secondary N) is 1. The van der Waals surface area contributed by atoms with E-state index in [4.69, 9.17) is 0 Å². The SMILES string of the molecule is Cc1cc(C)cc(N(CC(=O)Nc2cccc(C(F)(F)F)c2)C2=N[C@@H]3CS(=O)(=O)C[C@H]3S2)c1. The smallest absolute Gasteiger partial charge is 0.325 e. The van der Waals surface area contributed by atoms with Crippen molar-refractivity contribution in [3.8, 4) is 0 Å². The number of sulfone groups is 1. The number of rotatable bonds is 4. The third kappa shape index (κ3) is 5.52. The van der Waals surface area contributed by atoms with Gasteiger partial charge in [0, 0.05) is 16.6 Å². The third-order valence-corrected chi connectivity index (χ3v) is 8.58. The molecule has 0 spiro atoms. The van der Waals surface area contributed by atoms with Crippen LogP contribution in [0.1, 0.15) is 16.7 Å². The second-order valence-corrected chi connectivity index (χ2v) is 11.6. The quantitative estimate of drug-likeness (QED) is 0.690. The second-order valence-electron chi connectivity index (χ2n) is 8.27. The number of fused-ring (bicyclic) bond motifs is 1. The van der Waals surface area contributed by atoms with Gasteiger partial charge in [0.15, 0.2) is 15.0 Å². The van der Waals surface area contributed by atoms with Crippen molar-refractivity contribution in [2.24, 2.45) is 4.99 Å². The van der Waals surface area contributed by atoms with Gasteiger partial charge in [0.1, 0.15) is 6.54 Å². The number of amidine groups is 1. The number of thioether (sulfide) groups is 1. The molecule has 176 valence electrons. The Hall–Kier alpha value is -2.53. The lowest BCUT2D eigenvalue weighted by Crippen LogP contribution is -2.36. The van der Waals surface area contributed by atoms with Gasteiger partial charge in [-0.1, -0.05) is 23.9 Å². The summed E-state index contributed by atoms with van der Waals surface area (Å²) in [5.74, 6) is -0.501. The van der Waals surface area contributed by atoms with E-state index < -0.39 is 27.5 Å². The Kier molecular flexibility index (Phi) is 6.21. The molecule has 2 atom stereocenters. The first-order valence-electron chi connectivity index (χ1n) is 10.2. The molecule has 2 aromatic rings. The van der Waals surface area contributed by atoms with Gasteiger partial charge in [0.2, 0.25) is 5.91 Å². The van der Waals surface area contributed by atoms with Crippen molar-refractivity contribution in [2.45, 2.75) is 31.3 Å². The van der Waals surface area contributed by atoms with E-state index in [1.54, 1.807) is 4.90 Å². The van der Waals surface area contributed by atoms with Crippen molar-refractivity contribution in [1.82, 2.24) is 0 Å². The van der Waals surface area contributed by atoms with Crippen LogP contribution in [0.25, 0.3) is 0 Å². The van der Waals surface area contributed by atoms with Crippen molar-refractivity contribution < 1.29 is 26.4 Å². The van der Waals surface area contributed by atoms with Crippen molar-refractivity contribution in [3.05, 3.63) is 59.2 Å². The number of anilines is 2. The summed E-state index contributed by atoms with van der Waals surface area (Å²) >= 11 is 1.32. The van der Waals surface area contributed by atoms with E-state index in [1.807, 2.05) is 32.0 Å². The van der Waals surface area contributed by atoms with Crippen LogP contribution in [0.4, 0.5) is 24.5 Å². The van der Waals surface area contributed by atoms with Crippen LogP contribution in [-0.2, 0) is 20.8 Å². The van der Waals surface area contributed by atoms with Crippen LogP contribution in [-0.4, -0.2) is 48.8 Å². The molecule has 2 aliphatic rings. The Morgan fingerprint density at radius 1 is 1.15 bits per heavy atom. The fourth-order valence-corrected chi connectivity index (χ4v) is 7.74. The highest BCUT2D eigenvalue weighted by atomic mass is 32.2. The highest BCUT2D eigenvalue weighted by Crippen LogP contribution is 2.37. The molecule has 1 N–H and O–H groups in total. The van der Waals surface area contributed by atoms with E-state index in [2.05, 4.69) is 10.3 Å². The van der Waals surface area contributed by atoms with Crippen molar-refractivity contribution in [1.29, 1.82) is 0 Å². The van der Waals surface area contributed by atoms with Crippen LogP contribution in [0.2, 0.25) is 0 Å². The number of carbonyl (C=O) groups excluding carboxylic acids is 1. The second kappa shape index (κ2) is 8.68. The summed E-state index contributed by atoms with van der Waals surface area (Å²) < 4.78 is 62.8. The first kappa shape index (κ1) is 23.6. The molecule has 0 bridgehead atoms. The van der Waals surface area contributed by atoms with Gasteiger partial charge in [-0.15, -0.1) is 0 Å². The molecule has 11 heteroatoms. The number of aryl methyl sites for hydroxylation is 2. The van der Waals surface area contributed by atoms with E-state index in [0.29, 0.717) is 10.9 Å². The van der Waals surface area contributed by atoms with Crippen LogP contribution in [0.15, 0.2) is 47.5 Å². The molecule has 0 saturated carbocycles. The Bertz CT molecular complexity index is 1210. The van der Waals surface area contributed by atoms with E-state index in [1.165, 1.54) is 23.9 Å². The predicted molar refractivity (Wildman–Crippen MR) is 125 cm³/mol. The standard InChI is InChI=1S/C22H22F3N3O3S2/c1-13-6-14(2)8-17(7-13)28(21-27-18-11-33(30,31)12-19(18)32-21)10-20(29)26-16-5-3-4-15(9-16)22(23,24)25/h3-9,18-19H,10-12H2,1-2H3,(H,26,29)/t18-,19-/m1/s1. The summed E-state index contributed by atoms with van der Waals surface area (Å²) in [6.45, 7) is 3.65. The van der Waals surface area contributed by atoms with Crippen LogP contribution in [0.3, 0.4) is 0 Å². The van der Waals surface area contributed by atoms with E-state index >= 15 is 0 Å². The Labute approximate surface area is 194 Å². The predicted octanol–water partition coefficient (Wildman–Crippen LogP) is 4.04. The molecule has 0 unspecified atom stereocenters. The maximum Gasteiger partial charge on any atom is 0.416 e. The van der Waals surface area contributed by atoms with E-state index in [-0.39, 0.29) is 35.0 Å². The minimum absolute atomic E-state index is 0.0225. The zero-order valence-electron chi connectivity index (χ0n) is 17.9. The van der Waals surface area contributed by atoms with Gasteiger partial charge in [-0.05, 0) is 55.3 Å². The molecule has 4 rings (SSSR count). The molecular weight excluding hydrogens is 475 g/mol. The number of hydrogen-bond donors (Lipinski definition) is 1. The number of halogens is 3. The summed E-state index contributed by atoms with van der Waals surface area (Å²) in [5, 5.41) is 2.86. The fraction of sp³-hybridized carbons (Fsp3) is 0.364. The number of aliphatic imine (C=N–C) groups is 1. The van der Waals surface area contributed by atoms with Gasteiger partial charge in [-0.3, -0.25) is 9.79 Å². The van der Waals surface area contributed by atoms with E-state index in [9.17, 15) is 26.4 Å². The molecule has 0 aromatic heterocycles. The molecule has 33 heavy (non-hydrogen) atoms. The lowest BCUT2D eigenvalue weighted by molar-refractivity contribution is -0.137. The van der Waals surface area contributed by atoms with Crippen LogP contribution < -0.4 is 10.2 Å². The molecule has 2 heterocycles. The maximum absolute atomic E-state index is 13.0. The highest BCUT2D eigenvalue weighted by molar-refractivity contribution is 8.15. The Morgan fingerprint density at radius 2 is 1.85 bits per heavy atom. The summed E-state index contributed by atoms with van der Waals surface area (Å²) in [7, 11) is -3.13. The lowest BCUT2D eigenvalue weighted by Gasteiger charge is -2.25. The minimum Gasteiger partial charge on any atom is -0.325 e. The summed E-state index contributed by atoms with van der Waals surface area (Å²) in [6.07, 6.45) is -4.51. The monoisotopic (exact) mass is 497 g/mol. The average Bonchev–Trinajstić information content (AvgIpc) is 3.18. The molecule has 1 amide bonds. The van der Waals surface area contributed by atoms with E-state index in [0.717, 1.165) is 23.3 Å². The van der Waals surface area contributed by atoms with Gasteiger partial charge in [0.25, 0.3) is 0 Å². The largest absolute Gasteiger partial charge is 0.416 e. The first-order chi connectivity index (χ1) is 15.4. The summed E-state index contributed by atoms with van der Waals surface area (Å²) in [4.78, 5) is 19.1. The normalized spacial score (nSPS) is 21.4. The molecule has 1 fully saturated rings. The Morgan fingerprint density at radius 3 is 2.48 bits per heavy atom. The minimum atomic E-state index is -4.51. The summed E-state index contributed by atoms with van der Waals surface area (Å²) in [5.41, 5.74) is 1.84. The number of hydrogen-bond acceptors (Lipinski definition) is 6. The highest BCUT2D eigenvalue weighted by Gasteiger charge is 2.44. The van der Waals surface area contributed by atoms with Gasteiger partial charge in [-0.25, -0.2) is 8.42 Å².